The zero-order valence-corrected chi connectivity index (χ0v) is 14.4. The summed E-state index contributed by atoms with van der Waals surface area (Å²) in [7, 11) is -0.303. The Labute approximate surface area is 137 Å². The third kappa shape index (κ3) is 3.90. The van der Waals surface area contributed by atoms with Gasteiger partial charge in [0.2, 0.25) is 0 Å². The molecule has 0 aliphatic heterocycles. The summed E-state index contributed by atoms with van der Waals surface area (Å²) in [6, 6.07) is 11.5. The molecule has 0 aliphatic carbocycles. The van der Waals surface area contributed by atoms with Crippen molar-refractivity contribution in [3.8, 4) is 0 Å². The molecule has 6 heteroatoms. The fourth-order valence-corrected chi connectivity index (χ4v) is 3.22. The Kier molecular flexibility index (Phi) is 4.75. The third-order valence-electron chi connectivity index (χ3n) is 3.46. The fourth-order valence-electron chi connectivity index (χ4n) is 2.09. The number of benzene rings is 2. The van der Waals surface area contributed by atoms with E-state index in [0.717, 1.165) is 5.56 Å². The molecule has 0 spiro atoms. The summed E-state index contributed by atoms with van der Waals surface area (Å²) in [6.45, 7) is 3.66. The van der Waals surface area contributed by atoms with Gasteiger partial charge in [-0.2, -0.15) is 0 Å². The molecule has 5 nitrogen and oxygen atoms in total. The van der Waals surface area contributed by atoms with Gasteiger partial charge in [0, 0.05) is 19.7 Å². The molecule has 23 heavy (non-hydrogen) atoms. The number of amides is 1. The van der Waals surface area contributed by atoms with Gasteiger partial charge in [0.25, 0.3) is 15.9 Å². The number of hydrogen-bond donors (Lipinski definition) is 1. The first-order valence-electron chi connectivity index (χ1n) is 7.12. The van der Waals surface area contributed by atoms with Gasteiger partial charge in [-0.3, -0.25) is 9.52 Å². The molecule has 0 aromatic heterocycles. The van der Waals surface area contributed by atoms with Crippen LogP contribution in [0, 0.1) is 13.8 Å². The molecule has 1 amide bonds. The monoisotopic (exact) mass is 332 g/mol. The van der Waals surface area contributed by atoms with Crippen LogP contribution in [-0.2, 0) is 10.0 Å². The average Bonchev–Trinajstić information content (AvgIpc) is 2.48. The van der Waals surface area contributed by atoms with Crippen molar-refractivity contribution < 1.29 is 13.2 Å². The van der Waals surface area contributed by atoms with Crippen LogP contribution in [0.1, 0.15) is 21.5 Å². The molecule has 2 rings (SSSR count). The number of sulfonamides is 1. The summed E-state index contributed by atoms with van der Waals surface area (Å²) < 4.78 is 27.4. The molecule has 0 atom stereocenters. The maximum atomic E-state index is 12.4. The van der Waals surface area contributed by atoms with Crippen molar-refractivity contribution >= 4 is 21.6 Å². The summed E-state index contributed by atoms with van der Waals surface area (Å²) in [5, 5.41) is 0. The van der Waals surface area contributed by atoms with Gasteiger partial charge in [-0.15, -0.1) is 0 Å². The first-order chi connectivity index (χ1) is 10.7. The molecule has 0 bridgehead atoms. The van der Waals surface area contributed by atoms with E-state index in [4.69, 9.17) is 0 Å². The number of carbonyl (C=O) groups is 1. The van der Waals surface area contributed by atoms with Crippen LogP contribution in [0.3, 0.4) is 0 Å². The van der Waals surface area contributed by atoms with Crippen molar-refractivity contribution in [2.45, 2.75) is 18.7 Å². The Morgan fingerprint density at radius 3 is 2.13 bits per heavy atom. The van der Waals surface area contributed by atoms with Crippen LogP contribution in [0.2, 0.25) is 0 Å². The first-order valence-corrected chi connectivity index (χ1v) is 8.61. The van der Waals surface area contributed by atoms with E-state index in [0.29, 0.717) is 16.8 Å². The Bertz CT molecular complexity index is 825. The van der Waals surface area contributed by atoms with Crippen LogP contribution in [0.15, 0.2) is 47.4 Å². The summed E-state index contributed by atoms with van der Waals surface area (Å²) in [6.07, 6.45) is 0. The largest absolute Gasteiger partial charge is 0.345 e. The van der Waals surface area contributed by atoms with Gasteiger partial charge in [0.05, 0.1) is 10.6 Å². The van der Waals surface area contributed by atoms with E-state index in [9.17, 15) is 13.2 Å². The number of nitrogens with one attached hydrogen (secondary N) is 1. The van der Waals surface area contributed by atoms with E-state index in [1.165, 1.54) is 4.90 Å². The lowest BCUT2D eigenvalue weighted by atomic mass is 10.1. The van der Waals surface area contributed by atoms with Crippen LogP contribution >= 0.6 is 0 Å². The van der Waals surface area contributed by atoms with Gasteiger partial charge >= 0.3 is 0 Å². The predicted molar refractivity (Wildman–Crippen MR) is 91.2 cm³/mol. The summed E-state index contributed by atoms with van der Waals surface area (Å²) in [4.78, 5) is 13.6. The summed E-state index contributed by atoms with van der Waals surface area (Å²) in [5.41, 5.74) is 2.66. The van der Waals surface area contributed by atoms with Crippen LogP contribution in [-0.4, -0.2) is 33.3 Å². The zero-order chi connectivity index (χ0) is 17.2. The van der Waals surface area contributed by atoms with Crippen LogP contribution in [0.25, 0.3) is 0 Å². The molecule has 0 radical (unpaired) electrons. The van der Waals surface area contributed by atoms with Crippen molar-refractivity contribution in [1.29, 1.82) is 0 Å². The van der Waals surface area contributed by atoms with Crippen LogP contribution < -0.4 is 4.72 Å². The standard InChI is InChI=1S/C17H20N2O3S/c1-12-5-8-15(9-6-12)23(21,22)18-16-10-7-14(11-13(16)2)17(20)19(3)4/h5-11,18H,1-4H3. The Morgan fingerprint density at radius 2 is 1.61 bits per heavy atom. The Hall–Kier alpha value is -2.34. The minimum absolute atomic E-state index is 0.124. The number of rotatable bonds is 4. The van der Waals surface area contributed by atoms with Crippen molar-refractivity contribution in [3.05, 3.63) is 59.2 Å². The van der Waals surface area contributed by atoms with E-state index in [1.54, 1.807) is 63.5 Å². The van der Waals surface area contributed by atoms with E-state index in [1.807, 2.05) is 6.92 Å². The smallest absolute Gasteiger partial charge is 0.261 e. The molecule has 0 saturated carbocycles. The van der Waals surface area contributed by atoms with Crippen LogP contribution in [0.4, 0.5) is 5.69 Å². The SMILES string of the molecule is Cc1ccc(S(=O)(=O)Nc2ccc(C(=O)N(C)C)cc2C)cc1. The highest BCUT2D eigenvalue weighted by Gasteiger charge is 2.16. The van der Waals surface area contributed by atoms with Crippen molar-refractivity contribution in [3.63, 3.8) is 0 Å². The maximum absolute atomic E-state index is 12.4. The molecule has 2 aromatic rings. The molecular formula is C17H20N2O3S. The molecule has 0 unspecified atom stereocenters. The lowest BCUT2D eigenvalue weighted by molar-refractivity contribution is 0.0827. The minimum Gasteiger partial charge on any atom is -0.345 e. The van der Waals surface area contributed by atoms with E-state index >= 15 is 0 Å². The molecule has 0 aliphatic rings. The molecule has 1 N–H and O–H groups in total. The number of carbonyl (C=O) groups excluding carboxylic acids is 1. The number of nitrogens with zero attached hydrogens (tertiary/aromatic N) is 1. The van der Waals surface area contributed by atoms with Gasteiger partial charge in [-0.05, 0) is 49.7 Å². The van der Waals surface area contributed by atoms with Gasteiger partial charge in [0.15, 0.2) is 0 Å². The van der Waals surface area contributed by atoms with Crippen molar-refractivity contribution in [2.24, 2.45) is 0 Å². The predicted octanol–water partition coefficient (Wildman–Crippen LogP) is 2.81. The van der Waals surface area contributed by atoms with Gasteiger partial charge < -0.3 is 4.90 Å². The lowest BCUT2D eigenvalue weighted by Gasteiger charge is -2.14. The Balaban J connectivity index is 2.29. The number of anilines is 1. The quantitative estimate of drug-likeness (QED) is 0.936. The highest BCUT2D eigenvalue weighted by Crippen LogP contribution is 2.21. The Morgan fingerprint density at radius 1 is 1.00 bits per heavy atom. The molecule has 2 aromatic carbocycles. The van der Waals surface area contributed by atoms with E-state index in [-0.39, 0.29) is 10.8 Å². The summed E-state index contributed by atoms with van der Waals surface area (Å²) in [5.74, 6) is -0.124. The highest BCUT2D eigenvalue weighted by molar-refractivity contribution is 7.92. The molecular weight excluding hydrogens is 312 g/mol. The molecule has 0 heterocycles. The van der Waals surface area contributed by atoms with Crippen LogP contribution in [0.5, 0.6) is 0 Å². The van der Waals surface area contributed by atoms with Crippen molar-refractivity contribution in [1.82, 2.24) is 4.90 Å². The third-order valence-corrected chi connectivity index (χ3v) is 4.84. The number of hydrogen-bond acceptors (Lipinski definition) is 3. The summed E-state index contributed by atoms with van der Waals surface area (Å²) >= 11 is 0. The molecule has 0 saturated heterocycles. The minimum atomic E-state index is -3.65. The lowest BCUT2D eigenvalue weighted by Crippen LogP contribution is -2.22. The molecule has 0 fully saturated rings. The second kappa shape index (κ2) is 6.42. The maximum Gasteiger partial charge on any atom is 0.261 e. The fraction of sp³-hybridized carbons (Fsp3) is 0.235. The van der Waals surface area contributed by atoms with Gasteiger partial charge in [-0.1, -0.05) is 17.7 Å². The topological polar surface area (TPSA) is 66.5 Å². The molecule has 122 valence electrons. The van der Waals surface area contributed by atoms with Gasteiger partial charge in [-0.25, -0.2) is 8.42 Å². The number of aryl methyl sites for hydroxylation is 2. The zero-order valence-electron chi connectivity index (χ0n) is 13.6. The van der Waals surface area contributed by atoms with Crippen molar-refractivity contribution in [2.75, 3.05) is 18.8 Å². The second-order valence-electron chi connectivity index (χ2n) is 5.65. The normalized spacial score (nSPS) is 11.1. The van der Waals surface area contributed by atoms with Gasteiger partial charge in [0.1, 0.15) is 0 Å². The highest BCUT2D eigenvalue weighted by atomic mass is 32.2. The van der Waals surface area contributed by atoms with E-state index in [2.05, 4.69) is 4.72 Å². The average molecular weight is 332 g/mol. The first kappa shape index (κ1) is 17.0. The second-order valence-corrected chi connectivity index (χ2v) is 7.33. The van der Waals surface area contributed by atoms with E-state index < -0.39 is 10.0 Å².